The highest BCUT2D eigenvalue weighted by Gasteiger charge is 2.24. The number of halogens is 1. The standard InChI is InChI=1S/C24H25IN2O/c1-2-3-18-26(19-20-10-6-4-7-11-20)24(28)27(22-12-8-5-9-13-22)23-16-14-21(25)15-17-23/h4-17H,2-3,18-19H2,1H3. The van der Waals surface area contributed by atoms with Crippen LogP contribution in [0.3, 0.4) is 0 Å². The minimum Gasteiger partial charge on any atom is -0.320 e. The summed E-state index contributed by atoms with van der Waals surface area (Å²) in [5.41, 5.74) is 2.90. The second kappa shape index (κ2) is 10.3. The van der Waals surface area contributed by atoms with Crippen LogP contribution in [0.15, 0.2) is 84.9 Å². The molecule has 0 bridgehead atoms. The number of carbonyl (C=O) groups is 1. The number of anilines is 2. The molecule has 0 atom stereocenters. The van der Waals surface area contributed by atoms with Crippen LogP contribution in [0.25, 0.3) is 0 Å². The maximum Gasteiger partial charge on any atom is 0.329 e. The second-order valence-electron chi connectivity index (χ2n) is 6.69. The third kappa shape index (κ3) is 5.35. The summed E-state index contributed by atoms with van der Waals surface area (Å²) in [6.07, 6.45) is 2.03. The summed E-state index contributed by atoms with van der Waals surface area (Å²) in [4.78, 5) is 17.5. The van der Waals surface area contributed by atoms with Crippen molar-refractivity contribution >= 4 is 40.0 Å². The van der Waals surface area contributed by atoms with Crippen LogP contribution >= 0.6 is 22.6 Å². The summed E-state index contributed by atoms with van der Waals surface area (Å²) < 4.78 is 1.15. The molecule has 0 saturated carbocycles. The lowest BCUT2D eigenvalue weighted by Crippen LogP contribution is -2.41. The van der Waals surface area contributed by atoms with E-state index >= 15 is 0 Å². The van der Waals surface area contributed by atoms with E-state index in [9.17, 15) is 4.79 Å². The fraction of sp³-hybridized carbons (Fsp3) is 0.208. The Bertz CT molecular complexity index is 866. The van der Waals surface area contributed by atoms with E-state index in [0.717, 1.165) is 39.9 Å². The molecule has 0 radical (unpaired) electrons. The number of para-hydroxylation sites is 1. The number of hydrogen-bond donors (Lipinski definition) is 0. The van der Waals surface area contributed by atoms with Crippen molar-refractivity contribution in [3.05, 3.63) is 94.1 Å². The van der Waals surface area contributed by atoms with Crippen molar-refractivity contribution in [1.82, 2.24) is 4.90 Å². The number of urea groups is 1. The Balaban J connectivity index is 1.95. The number of carbonyl (C=O) groups excluding carboxylic acids is 1. The Hall–Kier alpha value is -2.34. The molecule has 3 nitrogen and oxygen atoms in total. The lowest BCUT2D eigenvalue weighted by atomic mass is 10.2. The molecule has 0 aliphatic carbocycles. The smallest absolute Gasteiger partial charge is 0.320 e. The minimum atomic E-state index is 0.00436. The Morgan fingerprint density at radius 2 is 1.39 bits per heavy atom. The van der Waals surface area contributed by atoms with Crippen molar-refractivity contribution < 1.29 is 4.79 Å². The van der Waals surface area contributed by atoms with Gasteiger partial charge in [0.05, 0.1) is 11.4 Å². The lowest BCUT2D eigenvalue weighted by Gasteiger charge is -2.31. The quantitative estimate of drug-likeness (QED) is 0.337. The Morgan fingerprint density at radius 3 is 2.00 bits per heavy atom. The van der Waals surface area contributed by atoms with Gasteiger partial charge in [0.15, 0.2) is 0 Å². The second-order valence-corrected chi connectivity index (χ2v) is 7.94. The van der Waals surface area contributed by atoms with Gasteiger partial charge in [0.2, 0.25) is 0 Å². The van der Waals surface area contributed by atoms with E-state index in [-0.39, 0.29) is 6.03 Å². The zero-order chi connectivity index (χ0) is 19.8. The molecule has 0 N–H and O–H groups in total. The minimum absolute atomic E-state index is 0.00436. The van der Waals surface area contributed by atoms with Crippen molar-refractivity contribution in [2.45, 2.75) is 26.3 Å². The van der Waals surface area contributed by atoms with Crippen LogP contribution in [0.1, 0.15) is 25.3 Å². The topological polar surface area (TPSA) is 23.6 Å². The highest BCUT2D eigenvalue weighted by atomic mass is 127. The highest BCUT2D eigenvalue weighted by Crippen LogP contribution is 2.28. The molecule has 3 aromatic rings. The predicted octanol–water partition coefficient (Wildman–Crippen LogP) is 6.85. The van der Waals surface area contributed by atoms with Crippen LogP contribution in [0, 0.1) is 3.57 Å². The molecule has 0 spiro atoms. The molecule has 0 saturated heterocycles. The van der Waals surface area contributed by atoms with E-state index in [1.807, 2.05) is 82.6 Å². The Morgan fingerprint density at radius 1 is 0.821 bits per heavy atom. The van der Waals surface area contributed by atoms with E-state index in [1.165, 1.54) is 0 Å². The first-order valence-corrected chi connectivity index (χ1v) is 10.7. The van der Waals surface area contributed by atoms with Gasteiger partial charge in [-0.3, -0.25) is 4.90 Å². The van der Waals surface area contributed by atoms with Crippen molar-refractivity contribution in [3.63, 3.8) is 0 Å². The molecule has 0 fully saturated rings. The average Bonchev–Trinajstić information content (AvgIpc) is 2.74. The maximum atomic E-state index is 13.7. The van der Waals surface area contributed by atoms with Crippen LogP contribution in [-0.4, -0.2) is 17.5 Å². The number of unbranched alkanes of at least 4 members (excludes halogenated alkanes) is 1. The van der Waals surface area contributed by atoms with Crippen LogP contribution in [0.2, 0.25) is 0 Å². The summed E-state index contributed by atoms with van der Waals surface area (Å²) in [7, 11) is 0. The Labute approximate surface area is 181 Å². The van der Waals surface area contributed by atoms with Crippen LogP contribution < -0.4 is 4.90 Å². The molecule has 4 heteroatoms. The van der Waals surface area contributed by atoms with E-state index in [4.69, 9.17) is 0 Å². The lowest BCUT2D eigenvalue weighted by molar-refractivity contribution is 0.203. The van der Waals surface area contributed by atoms with Gasteiger partial charge in [0, 0.05) is 16.7 Å². The molecule has 0 aromatic heterocycles. The molecular formula is C24H25IN2O. The average molecular weight is 484 g/mol. The molecule has 0 heterocycles. The van der Waals surface area contributed by atoms with Crippen LogP contribution in [-0.2, 0) is 6.54 Å². The van der Waals surface area contributed by atoms with E-state index in [2.05, 4.69) is 41.6 Å². The summed E-state index contributed by atoms with van der Waals surface area (Å²) in [6, 6.07) is 28.1. The van der Waals surface area contributed by atoms with E-state index in [0.29, 0.717) is 6.54 Å². The third-order valence-corrected chi connectivity index (χ3v) is 5.28. The largest absolute Gasteiger partial charge is 0.329 e. The fourth-order valence-electron chi connectivity index (χ4n) is 3.07. The monoisotopic (exact) mass is 484 g/mol. The number of rotatable bonds is 7. The third-order valence-electron chi connectivity index (χ3n) is 4.56. The molecule has 0 unspecified atom stereocenters. The number of hydrogen-bond acceptors (Lipinski definition) is 1. The predicted molar refractivity (Wildman–Crippen MR) is 125 cm³/mol. The SMILES string of the molecule is CCCCN(Cc1ccccc1)C(=O)N(c1ccccc1)c1ccc(I)cc1. The highest BCUT2D eigenvalue weighted by molar-refractivity contribution is 14.1. The van der Waals surface area contributed by atoms with Gasteiger partial charge in [0.1, 0.15) is 0 Å². The van der Waals surface area contributed by atoms with E-state index < -0.39 is 0 Å². The normalized spacial score (nSPS) is 10.5. The first-order chi connectivity index (χ1) is 13.7. The number of nitrogens with zero attached hydrogens (tertiary/aromatic N) is 2. The van der Waals surface area contributed by atoms with Gasteiger partial charge in [-0.15, -0.1) is 0 Å². The summed E-state index contributed by atoms with van der Waals surface area (Å²) in [5, 5.41) is 0. The van der Waals surface area contributed by atoms with Crippen molar-refractivity contribution in [3.8, 4) is 0 Å². The molecule has 144 valence electrons. The molecular weight excluding hydrogens is 459 g/mol. The van der Waals surface area contributed by atoms with Crippen molar-refractivity contribution in [1.29, 1.82) is 0 Å². The molecule has 2 amide bonds. The summed E-state index contributed by atoms with van der Waals surface area (Å²) >= 11 is 2.28. The fourth-order valence-corrected chi connectivity index (χ4v) is 3.43. The van der Waals surface area contributed by atoms with E-state index in [1.54, 1.807) is 0 Å². The molecule has 3 aromatic carbocycles. The molecule has 0 aliphatic heterocycles. The molecule has 0 aliphatic rings. The van der Waals surface area contributed by atoms with Gasteiger partial charge in [-0.05, 0) is 71.0 Å². The van der Waals surface area contributed by atoms with Gasteiger partial charge in [-0.25, -0.2) is 4.79 Å². The van der Waals surface area contributed by atoms with Crippen LogP contribution in [0.4, 0.5) is 16.2 Å². The van der Waals surface area contributed by atoms with Crippen molar-refractivity contribution in [2.24, 2.45) is 0 Å². The number of benzene rings is 3. The molecule has 28 heavy (non-hydrogen) atoms. The van der Waals surface area contributed by atoms with Crippen molar-refractivity contribution in [2.75, 3.05) is 11.4 Å². The summed E-state index contributed by atoms with van der Waals surface area (Å²) in [6.45, 7) is 3.49. The van der Waals surface area contributed by atoms with Gasteiger partial charge in [-0.2, -0.15) is 0 Å². The summed E-state index contributed by atoms with van der Waals surface area (Å²) in [5.74, 6) is 0. The Kier molecular flexibility index (Phi) is 7.48. The molecule has 3 rings (SSSR count). The zero-order valence-corrected chi connectivity index (χ0v) is 18.2. The maximum absolute atomic E-state index is 13.7. The van der Waals surface area contributed by atoms with Gasteiger partial charge >= 0.3 is 6.03 Å². The van der Waals surface area contributed by atoms with Gasteiger partial charge in [0.25, 0.3) is 0 Å². The van der Waals surface area contributed by atoms with Gasteiger partial charge in [-0.1, -0.05) is 61.9 Å². The first-order valence-electron chi connectivity index (χ1n) is 9.62. The first kappa shape index (κ1) is 20.4. The van der Waals surface area contributed by atoms with Gasteiger partial charge < -0.3 is 4.90 Å². The zero-order valence-electron chi connectivity index (χ0n) is 16.1. The number of amides is 2. The van der Waals surface area contributed by atoms with Crippen LogP contribution in [0.5, 0.6) is 0 Å².